The van der Waals surface area contributed by atoms with Gasteiger partial charge in [-0.3, -0.25) is 0 Å². The van der Waals surface area contributed by atoms with Crippen molar-refractivity contribution in [3.05, 3.63) is 12.3 Å². The van der Waals surface area contributed by atoms with Gasteiger partial charge in [-0.2, -0.15) is 0 Å². The molecule has 21 heavy (non-hydrogen) atoms. The van der Waals surface area contributed by atoms with E-state index in [1.165, 1.54) is 32.1 Å². The van der Waals surface area contributed by atoms with Gasteiger partial charge < -0.3 is 10.6 Å². The standard InChI is InChI=1S/C16H29N5/c1-15(2)11-13(12-16(3,4)20-15)7-5-6-9-17-14-8-10-18-21-19-14/h8,10,13,20H,5-7,9,11-12H2,1-4H3,(H,17,18,19). The Morgan fingerprint density at radius 2 is 1.90 bits per heavy atom. The SMILES string of the molecule is CC1(C)CC(CCCCNc2ccnnn2)CC(C)(C)N1. The van der Waals surface area contributed by atoms with Crippen molar-refractivity contribution in [1.29, 1.82) is 0 Å². The monoisotopic (exact) mass is 291 g/mol. The number of anilines is 1. The molecule has 1 aliphatic heterocycles. The van der Waals surface area contributed by atoms with Crippen molar-refractivity contribution in [3.8, 4) is 0 Å². The van der Waals surface area contributed by atoms with Crippen molar-refractivity contribution < 1.29 is 0 Å². The van der Waals surface area contributed by atoms with Crippen LogP contribution in [0.4, 0.5) is 5.82 Å². The van der Waals surface area contributed by atoms with Crippen LogP contribution >= 0.6 is 0 Å². The van der Waals surface area contributed by atoms with Gasteiger partial charge in [-0.15, -0.1) is 10.2 Å². The molecule has 0 radical (unpaired) electrons. The number of hydrogen-bond acceptors (Lipinski definition) is 5. The van der Waals surface area contributed by atoms with Crippen LogP contribution in [0.15, 0.2) is 12.3 Å². The van der Waals surface area contributed by atoms with Crippen molar-refractivity contribution in [1.82, 2.24) is 20.7 Å². The number of piperidine rings is 1. The molecule has 1 aromatic rings. The first-order valence-corrected chi connectivity index (χ1v) is 8.04. The Hall–Kier alpha value is -1.23. The lowest BCUT2D eigenvalue weighted by Crippen LogP contribution is -2.57. The van der Waals surface area contributed by atoms with E-state index in [4.69, 9.17) is 0 Å². The van der Waals surface area contributed by atoms with Gasteiger partial charge in [0.2, 0.25) is 0 Å². The molecule has 1 aliphatic rings. The smallest absolute Gasteiger partial charge is 0.152 e. The van der Waals surface area contributed by atoms with Crippen molar-refractivity contribution in [2.24, 2.45) is 5.92 Å². The first-order valence-electron chi connectivity index (χ1n) is 8.04. The van der Waals surface area contributed by atoms with Gasteiger partial charge in [0.1, 0.15) is 0 Å². The fourth-order valence-corrected chi connectivity index (χ4v) is 3.85. The summed E-state index contributed by atoms with van der Waals surface area (Å²) in [5.41, 5.74) is 0.522. The Morgan fingerprint density at radius 1 is 1.19 bits per heavy atom. The van der Waals surface area contributed by atoms with Gasteiger partial charge in [-0.25, -0.2) is 0 Å². The fourth-order valence-electron chi connectivity index (χ4n) is 3.85. The normalized spacial score (nSPS) is 21.1. The zero-order valence-electron chi connectivity index (χ0n) is 13.8. The van der Waals surface area contributed by atoms with E-state index in [1.807, 2.05) is 6.07 Å². The molecule has 2 rings (SSSR count). The van der Waals surface area contributed by atoms with Gasteiger partial charge in [0.25, 0.3) is 0 Å². The Balaban J connectivity index is 1.66. The van der Waals surface area contributed by atoms with E-state index >= 15 is 0 Å². The topological polar surface area (TPSA) is 62.7 Å². The molecule has 0 aliphatic carbocycles. The highest BCUT2D eigenvalue weighted by Gasteiger charge is 2.36. The highest BCUT2D eigenvalue weighted by Crippen LogP contribution is 2.35. The first-order chi connectivity index (χ1) is 9.86. The molecule has 0 amide bonds. The minimum Gasteiger partial charge on any atom is -0.368 e. The highest BCUT2D eigenvalue weighted by molar-refractivity contribution is 5.29. The van der Waals surface area contributed by atoms with Gasteiger partial charge >= 0.3 is 0 Å². The van der Waals surface area contributed by atoms with Crippen molar-refractivity contribution >= 4 is 5.82 Å². The lowest BCUT2D eigenvalue weighted by Gasteiger charge is -2.46. The van der Waals surface area contributed by atoms with Crippen molar-refractivity contribution in [2.45, 2.75) is 70.9 Å². The summed E-state index contributed by atoms with van der Waals surface area (Å²) in [6, 6.07) is 1.85. The molecule has 0 spiro atoms. The third-order valence-electron chi connectivity index (χ3n) is 4.12. The van der Waals surface area contributed by atoms with E-state index < -0.39 is 0 Å². The predicted molar refractivity (Wildman–Crippen MR) is 86.2 cm³/mol. The second-order valence-electron chi connectivity index (χ2n) is 7.60. The van der Waals surface area contributed by atoms with Crippen LogP contribution in [0, 0.1) is 5.92 Å². The molecule has 0 bridgehead atoms. The number of unbranched alkanes of at least 4 members (excludes halogenated alkanes) is 1. The van der Waals surface area contributed by atoms with Gasteiger partial charge in [0.05, 0.1) is 6.20 Å². The number of nitrogens with zero attached hydrogens (tertiary/aromatic N) is 3. The minimum absolute atomic E-state index is 0.261. The zero-order chi connectivity index (χ0) is 15.3. The van der Waals surface area contributed by atoms with Gasteiger partial charge in [0, 0.05) is 23.7 Å². The molecule has 0 aromatic carbocycles. The number of aromatic nitrogens is 3. The second-order valence-corrected chi connectivity index (χ2v) is 7.60. The maximum Gasteiger partial charge on any atom is 0.152 e. The molecule has 5 heteroatoms. The van der Waals surface area contributed by atoms with Crippen LogP contribution in [0.1, 0.15) is 59.8 Å². The first kappa shape index (κ1) is 16.1. The van der Waals surface area contributed by atoms with Crippen molar-refractivity contribution in [2.75, 3.05) is 11.9 Å². The van der Waals surface area contributed by atoms with Crippen LogP contribution in [0.3, 0.4) is 0 Å². The average Bonchev–Trinajstić information content (AvgIpc) is 2.36. The number of nitrogens with one attached hydrogen (secondary N) is 2. The third-order valence-corrected chi connectivity index (χ3v) is 4.12. The van der Waals surface area contributed by atoms with Crippen LogP contribution in [0.2, 0.25) is 0 Å². The van der Waals surface area contributed by atoms with E-state index in [9.17, 15) is 0 Å². The van der Waals surface area contributed by atoms with Gasteiger partial charge in [-0.05, 0) is 58.1 Å². The summed E-state index contributed by atoms with van der Waals surface area (Å²) in [5, 5.41) is 18.3. The summed E-state index contributed by atoms with van der Waals surface area (Å²) in [6.07, 6.45) is 7.98. The largest absolute Gasteiger partial charge is 0.368 e. The predicted octanol–water partition coefficient (Wildman–Crippen LogP) is 3.01. The molecular formula is C16H29N5. The summed E-state index contributed by atoms with van der Waals surface area (Å²) in [6.45, 7) is 10.3. The Bertz CT molecular complexity index is 414. The highest BCUT2D eigenvalue weighted by atomic mass is 15.3. The molecule has 0 atom stereocenters. The Kier molecular flexibility index (Phi) is 5.14. The van der Waals surface area contributed by atoms with Gasteiger partial charge in [-0.1, -0.05) is 12.8 Å². The van der Waals surface area contributed by atoms with Crippen LogP contribution < -0.4 is 10.6 Å². The zero-order valence-corrected chi connectivity index (χ0v) is 13.8. The summed E-state index contributed by atoms with van der Waals surface area (Å²) in [7, 11) is 0. The average molecular weight is 291 g/mol. The molecule has 0 unspecified atom stereocenters. The Morgan fingerprint density at radius 3 is 2.52 bits per heavy atom. The van der Waals surface area contributed by atoms with Crippen molar-refractivity contribution in [3.63, 3.8) is 0 Å². The van der Waals surface area contributed by atoms with E-state index in [-0.39, 0.29) is 11.1 Å². The molecule has 2 heterocycles. The van der Waals surface area contributed by atoms with E-state index in [1.54, 1.807) is 6.20 Å². The van der Waals surface area contributed by atoms with Crippen LogP contribution in [0.25, 0.3) is 0 Å². The molecule has 0 saturated carbocycles. The third kappa shape index (κ3) is 5.58. The summed E-state index contributed by atoms with van der Waals surface area (Å²) in [5.74, 6) is 1.64. The minimum atomic E-state index is 0.261. The summed E-state index contributed by atoms with van der Waals surface area (Å²) >= 11 is 0. The van der Waals surface area contributed by atoms with Crippen LogP contribution in [-0.2, 0) is 0 Å². The van der Waals surface area contributed by atoms with Crippen LogP contribution in [0.5, 0.6) is 0 Å². The van der Waals surface area contributed by atoms with E-state index in [0.717, 1.165) is 18.3 Å². The molecule has 1 aromatic heterocycles. The quantitative estimate of drug-likeness (QED) is 0.789. The number of hydrogen-bond donors (Lipinski definition) is 2. The molecule has 1 saturated heterocycles. The van der Waals surface area contributed by atoms with Gasteiger partial charge in [0.15, 0.2) is 5.82 Å². The van der Waals surface area contributed by atoms with E-state index in [2.05, 4.69) is 53.7 Å². The molecule has 5 nitrogen and oxygen atoms in total. The summed E-state index contributed by atoms with van der Waals surface area (Å²) in [4.78, 5) is 0. The molecule has 2 N–H and O–H groups in total. The summed E-state index contributed by atoms with van der Waals surface area (Å²) < 4.78 is 0. The molecule has 118 valence electrons. The maximum absolute atomic E-state index is 3.92. The van der Waals surface area contributed by atoms with E-state index in [0.29, 0.717) is 0 Å². The fraction of sp³-hybridized carbons (Fsp3) is 0.812. The lowest BCUT2D eigenvalue weighted by molar-refractivity contribution is 0.122. The maximum atomic E-state index is 3.92. The number of rotatable bonds is 6. The molecular weight excluding hydrogens is 262 g/mol. The molecule has 1 fully saturated rings. The lowest BCUT2D eigenvalue weighted by atomic mass is 9.74. The second kappa shape index (κ2) is 6.69. The Labute approximate surface area is 128 Å². The van der Waals surface area contributed by atoms with Crippen LogP contribution in [-0.4, -0.2) is 33.0 Å².